The standard InChI is InChI=1S/C24H46O/c1-23(2,3)22-19-15-11-7-8-12-16-20-24(22,25)21-17-13-9-5-4-6-10-14-18-21/h21-22,25H,4-20H2,1-3H3. The molecule has 0 spiro atoms. The maximum Gasteiger partial charge on any atom is 0.0708 e. The van der Waals surface area contributed by atoms with Crippen LogP contribution in [0.3, 0.4) is 0 Å². The molecule has 0 bridgehead atoms. The minimum absolute atomic E-state index is 0.212. The first-order valence-corrected chi connectivity index (χ1v) is 11.7. The van der Waals surface area contributed by atoms with Gasteiger partial charge in [-0.15, -0.1) is 0 Å². The van der Waals surface area contributed by atoms with Crippen molar-refractivity contribution in [1.29, 1.82) is 0 Å². The van der Waals surface area contributed by atoms with Crippen LogP contribution in [-0.2, 0) is 0 Å². The normalized spacial score (nSPS) is 32.9. The Balaban J connectivity index is 2.21. The molecule has 0 amide bonds. The summed E-state index contributed by atoms with van der Waals surface area (Å²) < 4.78 is 0. The van der Waals surface area contributed by atoms with Crippen LogP contribution < -0.4 is 0 Å². The van der Waals surface area contributed by atoms with E-state index in [2.05, 4.69) is 20.8 Å². The summed E-state index contributed by atoms with van der Waals surface area (Å²) in [6.07, 6.45) is 22.5. The van der Waals surface area contributed by atoms with Crippen molar-refractivity contribution in [2.45, 2.75) is 136 Å². The lowest BCUT2D eigenvalue weighted by Crippen LogP contribution is -2.50. The molecule has 0 aromatic carbocycles. The van der Waals surface area contributed by atoms with Crippen molar-refractivity contribution in [3.8, 4) is 0 Å². The fourth-order valence-corrected chi connectivity index (χ4v) is 5.87. The summed E-state index contributed by atoms with van der Waals surface area (Å²) in [6.45, 7) is 7.15. The average molecular weight is 351 g/mol. The molecule has 0 aliphatic heterocycles. The topological polar surface area (TPSA) is 20.2 Å². The summed E-state index contributed by atoms with van der Waals surface area (Å²) in [4.78, 5) is 0. The molecule has 2 saturated carbocycles. The first-order chi connectivity index (χ1) is 11.9. The van der Waals surface area contributed by atoms with Gasteiger partial charge in [-0.2, -0.15) is 0 Å². The molecule has 148 valence electrons. The summed E-state index contributed by atoms with van der Waals surface area (Å²) in [6, 6.07) is 0. The minimum atomic E-state index is -0.422. The van der Waals surface area contributed by atoms with Gasteiger partial charge in [0.1, 0.15) is 0 Å². The van der Waals surface area contributed by atoms with Crippen LogP contribution in [0, 0.1) is 17.3 Å². The predicted octanol–water partition coefficient (Wildman–Crippen LogP) is 7.65. The predicted molar refractivity (Wildman–Crippen MR) is 110 cm³/mol. The average Bonchev–Trinajstić information content (AvgIpc) is 2.57. The Morgan fingerprint density at radius 3 is 1.48 bits per heavy atom. The van der Waals surface area contributed by atoms with Gasteiger partial charge in [-0.3, -0.25) is 0 Å². The third-order valence-electron chi connectivity index (χ3n) is 7.28. The van der Waals surface area contributed by atoms with Crippen LogP contribution in [0.15, 0.2) is 0 Å². The highest BCUT2D eigenvalue weighted by Gasteiger charge is 2.47. The van der Waals surface area contributed by atoms with Crippen molar-refractivity contribution in [3.63, 3.8) is 0 Å². The van der Waals surface area contributed by atoms with Crippen molar-refractivity contribution < 1.29 is 5.11 Å². The van der Waals surface area contributed by atoms with Crippen molar-refractivity contribution >= 4 is 0 Å². The van der Waals surface area contributed by atoms with E-state index in [1.54, 1.807) is 0 Å². The molecule has 0 radical (unpaired) electrons. The molecule has 0 aromatic rings. The molecule has 2 atom stereocenters. The number of aliphatic hydroxyl groups is 1. The van der Waals surface area contributed by atoms with Crippen molar-refractivity contribution in [2.24, 2.45) is 17.3 Å². The molecular formula is C24H46O. The molecule has 1 N–H and O–H groups in total. The van der Waals surface area contributed by atoms with Crippen LogP contribution in [0.2, 0.25) is 0 Å². The lowest BCUT2D eigenvalue weighted by atomic mass is 9.60. The van der Waals surface area contributed by atoms with Gasteiger partial charge in [0.25, 0.3) is 0 Å². The molecular weight excluding hydrogens is 304 g/mol. The molecule has 1 nitrogen and oxygen atoms in total. The third-order valence-corrected chi connectivity index (χ3v) is 7.28. The van der Waals surface area contributed by atoms with E-state index in [0.717, 1.165) is 6.42 Å². The van der Waals surface area contributed by atoms with Crippen LogP contribution in [0.5, 0.6) is 0 Å². The van der Waals surface area contributed by atoms with Gasteiger partial charge in [0, 0.05) is 0 Å². The Hall–Kier alpha value is -0.0400. The second-order valence-corrected chi connectivity index (χ2v) is 10.3. The molecule has 2 unspecified atom stereocenters. The molecule has 25 heavy (non-hydrogen) atoms. The van der Waals surface area contributed by atoms with Gasteiger partial charge in [-0.1, -0.05) is 104 Å². The Kier molecular flexibility index (Phi) is 8.79. The van der Waals surface area contributed by atoms with Crippen molar-refractivity contribution in [1.82, 2.24) is 0 Å². The maximum absolute atomic E-state index is 12.2. The summed E-state index contributed by atoms with van der Waals surface area (Å²) in [7, 11) is 0. The van der Waals surface area contributed by atoms with Gasteiger partial charge in [0.2, 0.25) is 0 Å². The maximum atomic E-state index is 12.2. The van der Waals surface area contributed by atoms with Gasteiger partial charge < -0.3 is 5.11 Å². The number of hydrogen-bond donors (Lipinski definition) is 1. The van der Waals surface area contributed by atoms with E-state index in [0.29, 0.717) is 11.8 Å². The summed E-state index contributed by atoms with van der Waals surface area (Å²) in [5, 5.41) is 12.2. The Labute approximate surface area is 158 Å². The highest BCUT2D eigenvalue weighted by Crippen LogP contribution is 2.48. The van der Waals surface area contributed by atoms with E-state index in [9.17, 15) is 5.11 Å². The molecule has 2 aliphatic carbocycles. The van der Waals surface area contributed by atoms with Gasteiger partial charge in [-0.25, -0.2) is 0 Å². The molecule has 1 heteroatoms. The van der Waals surface area contributed by atoms with Crippen molar-refractivity contribution in [3.05, 3.63) is 0 Å². The van der Waals surface area contributed by atoms with E-state index in [-0.39, 0.29) is 5.41 Å². The third kappa shape index (κ3) is 6.56. The molecule has 0 saturated heterocycles. The van der Waals surface area contributed by atoms with Crippen LogP contribution in [-0.4, -0.2) is 10.7 Å². The fourth-order valence-electron chi connectivity index (χ4n) is 5.87. The molecule has 2 aliphatic rings. The zero-order valence-electron chi connectivity index (χ0n) is 17.6. The Morgan fingerprint density at radius 2 is 1.00 bits per heavy atom. The number of hydrogen-bond acceptors (Lipinski definition) is 1. The lowest BCUT2D eigenvalue weighted by molar-refractivity contribution is -0.122. The first kappa shape index (κ1) is 21.3. The zero-order valence-corrected chi connectivity index (χ0v) is 17.6. The van der Waals surface area contributed by atoms with Gasteiger partial charge in [0.15, 0.2) is 0 Å². The molecule has 0 aromatic heterocycles. The van der Waals surface area contributed by atoms with Gasteiger partial charge >= 0.3 is 0 Å². The largest absolute Gasteiger partial charge is 0.389 e. The van der Waals surface area contributed by atoms with Crippen molar-refractivity contribution in [2.75, 3.05) is 0 Å². The number of rotatable bonds is 1. The Bertz CT molecular complexity index is 346. The zero-order chi connectivity index (χ0) is 18.2. The van der Waals surface area contributed by atoms with Crippen LogP contribution >= 0.6 is 0 Å². The van der Waals surface area contributed by atoms with Crippen LogP contribution in [0.4, 0.5) is 0 Å². The summed E-state index contributed by atoms with van der Waals surface area (Å²) in [5.41, 5.74) is -0.210. The van der Waals surface area contributed by atoms with E-state index in [1.807, 2.05) is 0 Å². The molecule has 2 fully saturated rings. The molecule has 0 heterocycles. The fraction of sp³-hybridized carbons (Fsp3) is 1.00. The first-order valence-electron chi connectivity index (χ1n) is 11.7. The SMILES string of the molecule is CC(C)(C)C1CCCCCCCCC1(O)C1CCCCCCCCC1. The second-order valence-electron chi connectivity index (χ2n) is 10.3. The molecule has 2 rings (SSSR count). The van der Waals surface area contributed by atoms with Crippen LogP contribution in [0.1, 0.15) is 130 Å². The lowest BCUT2D eigenvalue weighted by Gasteiger charge is -2.49. The van der Waals surface area contributed by atoms with Crippen LogP contribution in [0.25, 0.3) is 0 Å². The minimum Gasteiger partial charge on any atom is -0.389 e. The van der Waals surface area contributed by atoms with E-state index in [1.165, 1.54) is 103 Å². The smallest absolute Gasteiger partial charge is 0.0708 e. The summed E-state index contributed by atoms with van der Waals surface area (Å²) in [5.74, 6) is 1.00. The quantitative estimate of drug-likeness (QED) is 0.514. The highest BCUT2D eigenvalue weighted by atomic mass is 16.3. The summed E-state index contributed by atoms with van der Waals surface area (Å²) >= 11 is 0. The van der Waals surface area contributed by atoms with E-state index >= 15 is 0 Å². The van der Waals surface area contributed by atoms with Gasteiger partial charge in [0.05, 0.1) is 5.60 Å². The second kappa shape index (κ2) is 10.3. The van der Waals surface area contributed by atoms with Gasteiger partial charge in [-0.05, 0) is 42.9 Å². The Morgan fingerprint density at radius 1 is 0.600 bits per heavy atom. The van der Waals surface area contributed by atoms with E-state index < -0.39 is 5.60 Å². The van der Waals surface area contributed by atoms with E-state index in [4.69, 9.17) is 0 Å². The monoisotopic (exact) mass is 350 g/mol. The highest BCUT2D eigenvalue weighted by molar-refractivity contribution is 4.97.